The van der Waals surface area contributed by atoms with E-state index in [1.165, 1.54) is 11.0 Å². The topological polar surface area (TPSA) is 85.3 Å². The Morgan fingerprint density at radius 3 is 2.65 bits per heavy atom. The summed E-state index contributed by atoms with van der Waals surface area (Å²) >= 11 is 2.14. The van der Waals surface area contributed by atoms with Crippen LogP contribution in [-0.4, -0.2) is 44.7 Å². The number of sulfonamides is 1. The molecule has 0 atom stereocenters. The van der Waals surface area contributed by atoms with Gasteiger partial charge in [-0.05, 0) is 60.3 Å². The van der Waals surface area contributed by atoms with Crippen molar-refractivity contribution in [3.8, 4) is 11.5 Å². The van der Waals surface area contributed by atoms with Crippen molar-refractivity contribution in [2.75, 3.05) is 20.3 Å². The molecule has 0 N–H and O–H groups in total. The minimum Gasteiger partial charge on any atom is -0.493 e. The number of ether oxygens (including phenoxy) is 2. The van der Waals surface area contributed by atoms with Crippen molar-refractivity contribution in [2.24, 2.45) is 4.40 Å². The van der Waals surface area contributed by atoms with E-state index in [1.54, 1.807) is 37.6 Å². The maximum absolute atomic E-state index is 12.9. The molecule has 0 saturated carbocycles. The van der Waals surface area contributed by atoms with Gasteiger partial charge in [0, 0.05) is 6.54 Å². The first-order chi connectivity index (χ1) is 14.9. The molecule has 2 aromatic rings. The highest BCUT2D eigenvalue weighted by Gasteiger charge is 2.34. The molecule has 1 amide bonds. The summed E-state index contributed by atoms with van der Waals surface area (Å²) < 4.78 is 40.3. The van der Waals surface area contributed by atoms with Crippen LogP contribution in [0.1, 0.15) is 32.3 Å². The Labute approximate surface area is 190 Å². The van der Waals surface area contributed by atoms with Gasteiger partial charge in [0.2, 0.25) is 0 Å². The molecular formula is C21H24N2O5S3. The molecule has 0 radical (unpaired) electrons. The van der Waals surface area contributed by atoms with Crippen LogP contribution < -0.4 is 9.47 Å². The first kappa shape index (κ1) is 23.4. The number of thioether (sulfide) groups is 1. The fourth-order valence-corrected chi connectivity index (χ4v) is 6.00. The maximum Gasteiger partial charge on any atom is 0.294 e. The number of benzene rings is 1. The van der Waals surface area contributed by atoms with Gasteiger partial charge < -0.3 is 9.47 Å². The summed E-state index contributed by atoms with van der Waals surface area (Å²) in [5, 5.41) is 1.83. The fraction of sp³-hybridized carbons (Fsp3) is 0.333. The summed E-state index contributed by atoms with van der Waals surface area (Å²) in [6.45, 7) is 4.75. The quantitative estimate of drug-likeness (QED) is 0.385. The Balaban J connectivity index is 1.90. The van der Waals surface area contributed by atoms with Crippen LogP contribution >= 0.6 is 23.1 Å². The molecule has 31 heavy (non-hydrogen) atoms. The third kappa shape index (κ3) is 5.50. The van der Waals surface area contributed by atoms with Crippen molar-refractivity contribution in [1.82, 2.24) is 4.90 Å². The number of likely N-dealkylation sites (N-methyl/N-ethyl adjacent to an activating group) is 1. The van der Waals surface area contributed by atoms with E-state index in [1.807, 2.05) is 12.1 Å². The highest BCUT2D eigenvalue weighted by Crippen LogP contribution is 2.35. The van der Waals surface area contributed by atoms with Gasteiger partial charge in [-0.1, -0.05) is 25.5 Å². The lowest BCUT2D eigenvalue weighted by Gasteiger charge is -2.12. The Morgan fingerprint density at radius 2 is 2.00 bits per heavy atom. The first-order valence-corrected chi connectivity index (χ1v) is 12.9. The van der Waals surface area contributed by atoms with Crippen LogP contribution in [0.4, 0.5) is 0 Å². The number of carbonyl (C=O) groups is 1. The average Bonchev–Trinajstić information content (AvgIpc) is 3.38. The van der Waals surface area contributed by atoms with Gasteiger partial charge in [-0.3, -0.25) is 9.69 Å². The number of rotatable bonds is 9. The van der Waals surface area contributed by atoms with Crippen molar-refractivity contribution in [3.63, 3.8) is 0 Å². The molecule has 2 heterocycles. The third-order valence-electron chi connectivity index (χ3n) is 4.39. The zero-order valence-electron chi connectivity index (χ0n) is 17.5. The van der Waals surface area contributed by atoms with Crippen LogP contribution in [0.15, 0.2) is 49.2 Å². The van der Waals surface area contributed by atoms with Gasteiger partial charge in [0.05, 0.1) is 18.6 Å². The summed E-state index contributed by atoms with van der Waals surface area (Å²) in [5.41, 5.74) is 0.751. The van der Waals surface area contributed by atoms with E-state index in [9.17, 15) is 13.2 Å². The van der Waals surface area contributed by atoms with E-state index in [0.29, 0.717) is 29.6 Å². The number of unbranched alkanes of at least 4 members (excludes halogenated alkanes) is 1. The number of nitrogens with zero attached hydrogens (tertiary/aromatic N) is 2. The predicted molar refractivity (Wildman–Crippen MR) is 125 cm³/mol. The van der Waals surface area contributed by atoms with E-state index < -0.39 is 10.0 Å². The van der Waals surface area contributed by atoms with Crippen molar-refractivity contribution < 1.29 is 22.7 Å². The third-order valence-corrected chi connectivity index (χ3v) is 8.15. The molecule has 1 aliphatic rings. The molecule has 3 rings (SSSR count). The fourth-order valence-electron chi connectivity index (χ4n) is 2.79. The summed E-state index contributed by atoms with van der Waals surface area (Å²) in [6.07, 6.45) is 3.65. The van der Waals surface area contributed by atoms with Crippen molar-refractivity contribution >= 4 is 50.3 Å². The number of methoxy groups -OCH3 is 1. The minimum atomic E-state index is -3.86. The first-order valence-electron chi connectivity index (χ1n) is 9.80. The molecule has 1 saturated heterocycles. The van der Waals surface area contributed by atoms with E-state index in [-0.39, 0.29) is 15.3 Å². The molecule has 1 aromatic heterocycles. The standard InChI is InChI=1S/C21H24N2O5S3/c1-4-6-11-28-17-13-15(9-10-16(17)27-3)14-18-20(24)23(5-2)21(30-18)22-31(25,26)19-8-7-12-29-19/h7-10,12-14H,4-6,11H2,1-3H3/b18-14-,22-21+. The molecule has 1 fully saturated rings. The van der Waals surface area contributed by atoms with E-state index in [0.717, 1.165) is 41.5 Å². The Morgan fingerprint density at radius 1 is 1.19 bits per heavy atom. The summed E-state index contributed by atoms with van der Waals surface area (Å²) in [6, 6.07) is 8.56. The lowest BCUT2D eigenvalue weighted by Crippen LogP contribution is -2.29. The molecule has 0 spiro atoms. The molecule has 0 aliphatic carbocycles. The van der Waals surface area contributed by atoms with Gasteiger partial charge in [-0.15, -0.1) is 15.7 Å². The van der Waals surface area contributed by atoms with Gasteiger partial charge in [0.25, 0.3) is 15.9 Å². The zero-order chi connectivity index (χ0) is 22.4. The molecule has 7 nitrogen and oxygen atoms in total. The van der Waals surface area contributed by atoms with Crippen LogP contribution in [0.5, 0.6) is 11.5 Å². The summed E-state index contributed by atoms with van der Waals surface area (Å²) in [4.78, 5) is 14.6. The highest BCUT2D eigenvalue weighted by atomic mass is 32.2. The number of amidine groups is 1. The number of hydrogen-bond donors (Lipinski definition) is 0. The van der Waals surface area contributed by atoms with Crippen LogP contribution in [0.2, 0.25) is 0 Å². The number of thiophene rings is 1. The highest BCUT2D eigenvalue weighted by molar-refractivity contribution is 8.19. The van der Waals surface area contributed by atoms with Gasteiger partial charge in [0.1, 0.15) is 4.21 Å². The Hall–Kier alpha value is -2.30. The van der Waals surface area contributed by atoms with Gasteiger partial charge in [0.15, 0.2) is 16.7 Å². The lowest BCUT2D eigenvalue weighted by atomic mass is 10.2. The number of hydrogen-bond acceptors (Lipinski definition) is 7. The molecular weight excluding hydrogens is 456 g/mol. The predicted octanol–water partition coefficient (Wildman–Crippen LogP) is 4.62. The van der Waals surface area contributed by atoms with Gasteiger partial charge >= 0.3 is 0 Å². The molecule has 0 unspecified atom stereocenters. The van der Waals surface area contributed by atoms with E-state index in [4.69, 9.17) is 9.47 Å². The van der Waals surface area contributed by atoms with Crippen molar-refractivity contribution in [2.45, 2.75) is 30.9 Å². The zero-order valence-corrected chi connectivity index (χ0v) is 20.0. The van der Waals surface area contributed by atoms with E-state index in [2.05, 4.69) is 11.3 Å². The average molecular weight is 481 g/mol. The van der Waals surface area contributed by atoms with Gasteiger partial charge in [-0.2, -0.15) is 8.42 Å². The van der Waals surface area contributed by atoms with Crippen LogP contribution in [0, 0.1) is 0 Å². The molecule has 1 aliphatic heterocycles. The van der Waals surface area contributed by atoms with E-state index >= 15 is 0 Å². The van der Waals surface area contributed by atoms with Crippen molar-refractivity contribution in [1.29, 1.82) is 0 Å². The second-order valence-corrected chi connectivity index (χ2v) is 10.3. The number of amides is 1. The lowest BCUT2D eigenvalue weighted by molar-refractivity contribution is -0.122. The largest absolute Gasteiger partial charge is 0.493 e. The van der Waals surface area contributed by atoms with Gasteiger partial charge in [-0.25, -0.2) is 0 Å². The second-order valence-electron chi connectivity index (χ2n) is 6.55. The number of carbonyl (C=O) groups excluding carboxylic acids is 1. The van der Waals surface area contributed by atoms with Crippen LogP contribution in [0.25, 0.3) is 6.08 Å². The molecule has 10 heteroatoms. The maximum atomic E-state index is 12.9. The van der Waals surface area contributed by atoms with Crippen LogP contribution in [0.3, 0.4) is 0 Å². The van der Waals surface area contributed by atoms with Crippen LogP contribution in [-0.2, 0) is 14.8 Å². The molecule has 0 bridgehead atoms. The summed E-state index contributed by atoms with van der Waals surface area (Å²) in [7, 11) is -2.29. The smallest absolute Gasteiger partial charge is 0.294 e. The monoisotopic (exact) mass is 480 g/mol. The van der Waals surface area contributed by atoms with Crippen molar-refractivity contribution in [3.05, 3.63) is 46.2 Å². The minimum absolute atomic E-state index is 0.144. The molecule has 1 aromatic carbocycles. The molecule has 166 valence electrons. The normalized spacial score (nSPS) is 17.0. The SMILES string of the molecule is CCCCOc1cc(/C=C2\S/C(=N/S(=O)(=O)c3cccs3)N(CC)C2=O)ccc1OC. The summed E-state index contributed by atoms with van der Waals surface area (Å²) in [5.74, 6) is 0.933. The Kier molecular flexibility index (Phi) is 7.79. The Bertz CT molecular complexity index is 1090. The second kappa shape index (κ2) is 10.3.